The van der Waals surface area contributed by atoms with Crippen LogP contribution in [0.15, 0.2) is 180 Å². The topological polar surface area (TPSA) is 26.0 Å². The van der Waals surface area contributed by atoms with Gasteiger partial charge in [0.25, 0.3) is 0 Å². The summed E-state index contributed by atoms with van der Waals surface area (Å²) in [4.78, 5) is 5.21. The summed E-state index contributed by atoms with van der Waals surface area (Å²) in [6.45, 7) is 0. The van der Waals surface area contributed by atoms with Gasteiger partial charge in [-0.05, 0) is 86.0 Å². The van der Waals surface area contributed by atoms with Crippen LogP contribution >= 0.6 is 0 Å². The molecule has 0 aliphatic heterocycles. The highest BCUT2D eigenvalue weighted by atomic mass is 16.3. The number of nitrogens with zero attached hydrogens (tertiary/aromatic N) is 1. The molecule has 2 aromatic heterocycles. The fourth-order valence-electron chi connectivity index (χ4n) is 9.68. The molecule has 12 rings (SSSR count). The number of para-hydroxylation sites is 1. The first-order valence-corrected chi connectivity index (χ1v) is 18.0. The number of hydrogen-bond acceptors (Lipinski definition) is 2. The number of rotatable bonds is 2. The number of benzene rings is 8. The maximum atomic E-state index is 6.63. The minimum absolute atomic E-state index is 0.377. The Morgan fingerprint density at radius 3 is 1.79 bits per heavy atom. The Balaban J connectivity index is 1.16. The lowest BCUT2D eigenvalue weighted by Crippen LogP contribution is -2.25. The Hall–Kier alpha value is -6.77. The van der Waals surface area contributed by atoms with Crippen LogP contribution in [0, 0.1) is 0 Å². The fraction of sp³-hybridized carbons (Fsp3) is 0.0200. The number of aromatic nitrogens is 1. The van der Waals surface area contributed by atoms with E-state index in [9.17, 15) is 0 Å². The molecule has 2 nitrogen and oxygen atoms in total. The van der Waals surface area contributed by atoms with E-state index in [2.05, 4.69) is 176 Å². The first-order chi connectivity index (χ1) is 25.8. The molecule has 52 heavy (non-hydrogen) atoms. The normalized spacial score (nSPS) is 13.5. The molecule has 10 aromatic rings. The zero-order valence-electron chi connectivity index (χ0n) is 28.1. The van der Waals surface area contributed by atoms with E-state index in [1.54, 1.807) is 0 Å². The molecule has 0 N–H and O–H groups in total. The van der Waals surface area contributed by atoms with Crippen LogP contribution in [0.5, 0.6) is 0 Å². The summed E-state index contributed by atoms with van der Waals surface area (Å²) >= 11 is 0. The van der Waals surface area contributed by atoms with E-state index < -0.39 is 0 Å². The molecule has 0 bridgehead atoms. The van der Waals surface area contributed by atoms with Crippen LogP contribution < -0.4 is 0 Å². The van der Waals surface area contributed by atoms with Crippen molar-refractivity contribution < 1.29 is 4.42 Å². The van der Waals surface area contributed by atoms with Gasteiger partial charge >= 0.3 is 0 Å². The van der Waals surface area contributed by atoms with Crippen LogP contribution in [0.4, 0.5) is 0 Å². The van der Waals surface area contributed by atoms with Gasteiger partial charge < -0.3 is 4.42 Å². The van der Waals surface area contributed by atoms with Crippen LogP contribution in [0.1, 0.15) is 22.3 Å². The van der Waals surface area contributed by atoms with Crippen molar-refractivity contribution in [3.05, 3.63) is 198 Å². The summed E-state index contributed by atoms with van der Waals surface area (Å²) in [5.41, 5.74) is 17.5. The monoisotopic (exact) mass is 659 g/mol. The molecule has 0 fully saturated rings. The summed E-state index contributed by atoms with van der Waals surface area (Å²) in [5, 5.41) is 5.68. The standard InChI is InChI=1S/C50H29NO/c1-2-13-30(14-3-1)49-37-26-28-45-48(47(37)36-18-7-11-24-43(36)51-49)38-29-31(25-27-44(38)52-45)32-19-12-23-42-46(32)35-17-6-10-22-41(35)50(42)39-20-8-4-15-33(39)34-16-5-9-21-40(34)50/h1-29H. The molecule has 240 valence electrons. The Labute approximate surface area is 300 Å². The number of hydrogen-bond donors (Lipinski definition) is 0. The van der Waals surface area contributed by atoms with Gasteiger partial charge in [-0.25, -0.2) is 4.98 Å². The third-order valence-corrected chi connectivity index (χ3v) is 11.7. The average Bonchev–Trinajstić information content (AvgIpc) is 3.85. The van der Waals surface area contributed by atoms with E-state index in [-0.39, 0.29) is 5.41 Å². The fourth-order valence-corrected chi connectivity index (χ4v) is 9.68. The van der Waals surface area contributed by atoms with E-state index in [0.29, 0.717) is 0 Å². The maximum Gasteiger partial charge on any atom is 0.136 e. The maximum absolute atomic E-state index is 6.63. The quantitative estimate of drug-likeness (QED) is 0.173. The Morgan fingerprint density at radius 1 is 0.385 bits per heavy atom. The second-order valence-corrected chi connectivity index (χ2v) is 14.1. The summed E-state index contributed by atoms with van der Waals surface area (Å²) in [7, 11) is 0. The summed E-state index contributed by atoms with van der Waals surface area (Å²) in [6, 6.07) is 64.0. The Morgan fingerprint density at radius 2 is 1.00 bits per heavy atom. The Kier molecular flexibility index (Phi) is 5.46. The SMILES string of the molecule is c1ccc(-c2nc3ccccc3c3c2ccc2oc4ccc(-c5cccc6c5-c5ccccc5C65c6ccccc6-c6ccccc65)cc4c23)cc1. The van der Waals surface area contributed by atoms with Gasteiger partial charge in [0.05, 0.1) is 16.6 Å². The third kappa shape index (κ3) is 3.46. The molecule has 2 aliphatic carbocycles. The molecule has 0 saturated heterocycles. The molecule has 0 amide bonds. The van der Waals surface area contributed by atoms with Gasteiger partial charge in [0, 0.05) is 32.5 Å². The largest absolute Gasteiger partial charge is 0.456 e. The molecule has 0 atom stereocenters. The summed E-state index contributed by atoms with van der Waals surface area (Å²) in [6.07, 6.45) is 0. The summed E-state index contributed by atoms with van der Waals surface area (Å²) in [5.74, 6) is 0. The first kappa shape index (κ1) is 28.0. The first-order valence-electron chi connectivity index (χ1n) is 18.0. The van der Waals surface area contributed by atoms with Gasteiger partial charge in [-0.2, -0.15) is 0 Å². The molecule has 8 aromatic carbocycles. The van der Waals surface area contributed by atoms with Crippen molar-refractivity contribution in [2.75, 3.05) is 0 Å². The van der Waals surface area contributed by atoms with E-state index in [4.69, 9.17) is 9.40 Å². The van der Waals surface area contributed by atoms with E-state index in [0.717, 1.165) is 49.5 Å². The minimum Gasteiger partial charge on any atom is -0.456 e. The van der Waals surface area contributed by atoms with E-state index in [1.165, 1.54) is 61.0 Å². The van der Waals surface area contributed by atoms with Crippen molar-refractivity contribution in [2.24, 2.45) is 0 Å². The van der Waals surface area contributed by atoms with Gasteiger partial charge in [-0.3, -0.25) is 0 Å². The second-order valence-electron chi connectivity index (χ2n) is 14.1. The van der Waals surface area contributed by atoms with Gasteiger partial charge in [0.15, 0.2) is 0 Å². The van der Waals surface area contributed by atoms with Crippen molar-refractivity contribution in [3.8, 4) is 44.6 Å². The highest BCUT2D eigenvalue weighted by Crippen LogP contribution is 2.64. The molecule has 2 heteroatoms. The third-order valence-electron chi connectivity index (χ3n) is 11.7. The Bertz CT molecular complexity index is 3090. The van der Waals surface area contributed by atoms with Crippen molar-refractivity contribution in [1.82, 2.24) is 4.98 Å². The van der Waals surface area contributed by atoms with Crippen molar-refractivity contribution in [1.29, 1.82) is 0 Å². The molecule has 1 spiro atoms. The highest BCUT2D eigenvalue weighted by molar-refractivity contribution is 6.28. The average molecular weight is 660 g/mol. The molecule has 0 saturated carbocycles. The lowest BCUT2D eigenvalue weighted by Gasteiger charge is -2.30. The van der Waals surface area contributed by atoms with Gasteiger partial charge in [-0.1, -0.05) is 146 Å². The second kappa shape index (κ2) is 10.2. The zero-order valence-corrected chi connectivity index (χ0v) is 28.1. The predicted molar refractivity (Wildman–Crippen MR) is 214 cm³/mol. The van der Waals surface area contributed by atoms with E-state index >= 15 is 0 Å². The molecule has 0 unspecified atom stereocenters. The minimum atomic E-state index is -0.377. The lowest BCUT2D eigenvalue weighted by molar-refractivity contribution is 0.669. The highest BCUT2D eigenvalue weighted by Gasteiger charge is 2.51. The van der Waals surface area contributed by atoms with Gasteiger partial charge in [0.1, 0.15) is 11.2 Å². The van der Waals surface area contributed by atoms with Gasteiger partial charge in [-0.15, -0.1) is 0 Å². The van der Waals surface area contributed by atoms with Crippen LogP contribution in [0.3, 0.4) is 0 Å². The lowest BCUT2D eigenvalue weighted by atomic mass is 9.70. The predicted octanol–water partition coefficient (Wildman–Crippen LogP) is 13.0. The molecule has 2 heterocycles. The van der Waals surface area contributed by atoms with Crippen molar-refractivity contribution in [2.45, 2.75) is 5.41 Å². The van der Waals surface area contributed by atoms with Crippen molar-refractivity contribution >= 4 is 43.6 Å². The zero-order chi connectivity index (χ0) is 34.0. The van der Waals surface area contributed by atoms with E-state index in [1.807, 2.05) is 0 Å². The molecular weight excluding hydrogens is 631 g/mol. The van der Waals surface area contributed by atoms with Crippen molar-refractivity contribution in [3.63, 3.8) is 0 Å². The van der Waals surface area contributed by atoms with Gasteiger partial charge in [0.2, 0.25) is 0 Å². The van der Waals surface area contributed by atoms with Crippen LogP contribution in [0.25, 0.3) is 88.3 Å². The smallest absolute Gasteiger partial charge is 0.136 e. The van der Waals surface area contributed by atoms with Crippen LogP contribution in [-0.2, 0) is 5.41 Å². The molecule has 0 radical (unpaired) electrons. The number of fused-ring (bicyclic) bond motifs is 17. The van der Waals surface area contributed by atoms with Crippen LogP contribution in [0.2, 0.25) is 0 Å². The van der Waals surface area contributed by atoms with Crippen LogP contribution in [-0.4, -0.2) is 4.98 Å². The molecular formula is C50H29NO. The number of furan rings is 1. The molecule has 2 aliphatic rings. The summed E-state index contributed by atoms with van der Waals surface area (Å²) < 4.78 is 6.63. The number of pyridine rings is 1.